The number of benzene rings is 1. The van der Waals surface area contributed by atoms with Gasteiger partial charge in [-0.25, -0.2) is 0 Å². The molecule has 6 heteroatoms. The molecule has 0 saturated heterocycles. The molecule has 0 spiro atoms. The quantitative estimate of drug-likeness (QED) is 0.725. The SMILES string of the molecule is O=C(Nc1ccncc1)c1ccc2n[se]nc2c1. The third-order valence-electron chi connectivity index (χ3n) is 2.45. The Kier molecular flexibility index (Phi) is 2.88. The van der Waals surface area contributed by atoms with Crippen LogP contribution in [0.4, 0.5) is 5.69 Å². The van der Waals surface area contributed by atoms with Gasteiger partial charge < -0.3 is 0 Å². The van der Waals surface area contributed by atoms with E-state index in [4.69, 9.17) is 0 Å². The van der Waals surface area contributed by atoms with Crippen LogP contribution in [0.15, 0.2) is 42.7 Å². The summed E-state index contributed by atoms with van der Waals surface area (Å²) in [5.41, 5.74) is 2.98. The maximum atomic E-state index is 12.0. The van der Waals surface area contributed by atoms with Gasteiger partial charge in [-0.15, -0.1) is 0 Å². The molecule has 88 valence electrons. The third kappa shape index (κ3) is 2.16. The van der Waals surface area contributed by atoms with Crippen molar-refractivity contribution < 1.29 is 4.79 Å². The Hall–Kier alpha value is -2.04. The number of amides is 1. The van der Waals surface area contributed by atoms with E-state index in [0.29, 0.717) is 5.56 Å². The van der Waals surface area contributed by atoms with Gasteiger partial charge in [-0.3, -0.25) is 0 Å². The van der Waals surface area contributed by atoms with Crippen LogP contribution in [-0.2, 0) is 0 Å². The number of nitrogens with zero attached hydrogens (tertiary/aromatic N) is 3. The van der Waals surface area contributed by atoms with E-state index in [1.807, 2.05) is 6.07 Å². The molecule has 2 aromatic heterocycles. The first-order chi connectivity index (χ1) is 8.83. The second-order valence-corrected chi connectivity index (χ2v) is 4.77. The van der Waals surface area contributed by atoms with E-state index in [-0.39, 0.29) is 20.9 Å². The summed E-state index contributed by atoms with van der Waals surface area (Å²) in [6, 6.07) is 8.84. The summed E-state index contributed by atoms with van der Waals surface area (Å²) in [6.07, 6.45) is 3.27. The number of carbonyl (C=O) groups is 1. The standard InChI is InChI=1S/C12H8N4OSe/c17-12(14-9-3-5-13-6-4-9)8-1-2-10-11(7-8)16-18-15-10/h1-7H,(H,13,14,17). The second kappa shape index (κ2) is 4.68. The summed E-state index contributed by atoms with van der Waals surface area (Å²) >= 11 is -0.0669. The molecular formula is C12H8N4OSe. The number of nitrogens with one attached hydrogen (secondary N) is 1. The monoisotopic (exact) mass is 304 g/mol. The summed E-state index contributed by atoms with van der Waals surface area (Å²) in [5, 5.41) is 2.80. The number of anilines is 1. The van der Waals surface area contributed by atoms with Crippen molar-refractivity contribution in [2.45, 2.75) is 0 Å². The van der Waals surface area contributed by atoms with Crippen molar-refractivity contribution in [3.63, 3.8) is 0 Å². The fourth-order valence-corrected chi connectivity index (χ4v) is 2.65. The summed E-state index contributed by atoms with van der Waals surface area (Å²) in [6.45, 7) is 0. The van der Waals surface area contributed by atoms with Crippen LogP contribution in [0.25, 0.3) is 11.0 Å². The van der Waals surface area contributed by atoms with Crippen LogP contribution in [0, 0.1) is 0 Å². The first-order valence-electron chi connectivity index (χ1n) is 5.26. The fraction of sp³-hybridized carbons (Fsp3) is 0. The van der Waals surface area contributed by atoms with Crippen molar-refractivity contribution in [1.29, 1.82) is 0 Å². The molecule has 0 bridgehead atoms. The molecule has 1 N–H and O–H groups in total. The zero-order valence-corrected chi connectivity index (χ0v) is 10.9. The van der Waals surface area contributed by atoms with Crippen LogP contribution >= 0.6 is 0 Å². The molecule has 0 unspecified atom stereocenters. The molecular weight excluding hydrogens is 295 g/mol. The average Bonchev–Trinajstić information content (AvgIpc) is 2.87. The molecule has 0 fully saturated rings. The predicted octanol–water partition coefficient (Wildman–Crippen LogP) is 1.33. The number of hydrogen-bond donors (Lipinski definition) is 1. The molecule has 1 amide bonds. The minimum absolute atomic E-state index is 0.0669. The molecule has 5 nitrogen and oxygen atoms in total. The van der Waals surface area contributed by atoms with Crippen molar-refractivity contribution in [3.8, 4) is 0 Å². The number of hydrogen-bond acceptors (Lipinski definition) is 4. The van der Waals surface area contributed by atoms with Crippen LogP contribution in [-0.4, -0.2) is 33.8 Å². The molecule has 0 saturated carbocycles. The molecule has 3 rings (SSSR count). The van der Waals surface area contributed by atoms with E-state index in [1.165, 1.54) is 0 Å². The van der Waals surface area contributed by atoms with Gasteiger partial charge >= 0.3 is 109 Å². The van der Waals surface area contributed by atoms with Gasteiger partial charge in [-0.1, -0.05) is 0 Å². The van der Waals surface area contributed by atoms with Crippen LogP contribution in [0.5, 0.6) is 0 Å². The molecule has 0 radical (unpaired) electrons. The summed E-state index contributed by atoms with van der Waals surface area (Å²) in [4.78, 5) is 15.9. The Labute approximate surface area is 109 Å². The van der Waals surface area contributed by atoms with Crippen LogP contribution in [0.1, 0.15) is 10.4 Å². The Morgan fingerprint density at radius 1 is 1.06 bits per heavy atom. The van der Waals surface area contributed by atoms with E-state index in [1.54, 1.807) is 36.7 Å². The van der Waals surface area contributed by atoms with Crippen LogP contribution in [0.2, 0.25) is 0 Å². The molecule has 0 aliphatic heterocycles. The fourth-order valence-electron chi connectivity index (χ4n) is 1.56. The number of aromatic nitrogens is 3. The van der Waals surface area contributed by atoms with Gasteiger partial charge in [0.1, 0.15) is 0 Å². The molecule has 3 aromatic rings. The van der Waals surface area contributed by atoms with E-state index in [9.17, 15) is 4.79 Å². The zero-order valence-electron chi connectivity index (χ0n) is 9.20. The van der Waals surface area contributed by atoms with E-state index >= 15 is 0 Å². The third-order valence-corrected chi connectivity index (χ3v) is 3.62. The van der Waals surface area contributed by atoms with E-state index in [0.717, 1.165) is 16.7 Å². The van der Waals surface area contributed by atoms with Gasteiger partial charge in [-0.05, 0) is 0 Å². The molecule has 2 heterocycles. The molecule has 0 aliphatic rings. The summed E-state index contributed by atoms with van der Waals surface area (Å²) in [7, 11) is 0. The first kappa shape index (κ1) is 11.1. The van der Waals surface area contributed by atoms with Gasteiger partial charge in [0.25, 0.3) is 0 Å². The van der Waals surface area contributed by atoms with Gasteiger partial charge in [0.2, 0.25) is 0 Å². The molecule has 0 aliphatic carbocycles. The number of rotatable bonds is 2. The molecule has 1 aromatic carbocycles. The number of fused-ring (bicyclic) bond motifs is 1. The maximum absolute atomic E-state index is 12.0. The van der Waals surface area contributed by atoms with Crippen molar-refractivity contribution in [2.75, 3.05) is 5.32 Å². The van der Waals surface area contributed by atoms with Crippen molar-refractivity contribution in [3.05, 3.63) is 48.3 Å². The van der Waals surface area contributed by atoms with Gasteiger partial charge in [0.05, 0.1) is 0 Å². The Morgan fingerprint density at radius 3 is 2.67 bits per heavy atom. The topological polar surface area (TPSA) is 67.8 Å². The van der Waals surface area contributed by atoms with Crippen LogP contribution in [0.3, 0.4) is 0 Å². The van der Waals surface area contributed by atoms with E-state index < -0.39 is 0 Å². The minimum atomic E-state index is -0.154. The summed E-state index contributed by atoms with van der Waals surface area (Å²) < 4.78 is 8.49. The Balaban J connectivity index is 1.87. The van der Waals surface area contributed by atoms with E-state index in [2.05, 4.69) is 18.3 Å². The Morgan fingerprint density at radius 2 is 1.83 bits per heavy atom. The molecule has 0 atom stereocenters. The zero-order chi connectivity index (χ0) is 12.4. The van der Waals surface area contributed by atoms with Crippen molar-refractivity contribution in [2.24, 2.45) is 0 Å². The summed E-state index contributed by atoms with van der Waals surface area (Å²) in [5.74, 6) is -0.154. The first-order valence-corrected chi connectivity index (χ1v) is 6.80. The van der Waals surface area contributed by atoms with Gasteiger partial charge in [0.15, 0.2) is 0 Å². The van der Waals surface area contributed by atoms with Crippen molar-refractivity contribution >= 4 is 37.6 Å². The molecule has 18 heavy (non-hydrogen) atoms. The normalized spacial score (nSPS) is 10.4. The van der Waals surface area contributed by atoms with Crippen LogP contribution < -0.4 is 5.32 Å². The second-order valence-electron chi connectivity index (χ2n) is 3.66. The number of pyridine rings is 1. The number of carbonyl (C=O) groups excluding carboxylic acids is 1. The predicted molar refractivity (Wildman–Crippen MR) is 68.7 cm³/mol. The van der Waals surface area contributed by atoms with Gasteiger partial charge in [0, 0.05) is 0 Å². The van der Waals surface area contributed by atoms with Crippen molar-refractivity contribution in [1.82, 2.24) is 12.9 Å². The Bertz CT molecular complexity index is 695. The van der Waals surface area contributed by atoms with Gasteiger partial charge in [-0.2, -0.15) is 0 Å². The average molecular weight is 303 g/mol.